The van der Waals surface area contributed by atoms with Crippen LogP contribution in [0, 0.1) is 0 Å². The third kappa shape index (κ3) is 3.57. The van der Waals surface area contributed by atoms with Crippen LogP contribution in [0.5, 0.6) is 0 Å². The molecule has 0 amide bonds. The molecule has 4 nitrogen and oxygen atoms in total. The van der Waals surface area contributed by atoms with E-state index in [9.17, 15) is 0 Å². The van der Waals surface area contributed by atoms with Crippen molar-refractivity contribution in [1.82, 2.24) is 9.55 Å². The molecule has 0 fully saturated rings. The van der Waals surface area contributed by atoms with Gasteiger partial charge in [0.15, 0.2) is 5.58 Å². The van der Waals surface area contributed by atoms with Crippen molar-refractivity contribution >= 4 is 65.6 Å². The number of nitrogens with zero attached hydrogens (tertiary/aromatic N) is 2. The third-order valence-corrected chi connectivity index (χ3v) is 9.00. The highest BCUT2D eigenvalue weighted by molar-refractivity contribution is 6.20. The van der Waals surface area contributed by atoms with Gasteiger partial charge in [0.05, 0.1) is 16.4 Å². The van der Waals surface area contributed by atoms with Gasteiger partial charge in [-0.2, -0.15) is 0 Å². The Balaban J connectivity index is 1.24. The SMILES string of the molecule is c1ccc(-c2ccc3c(c2)oc2ccc4nc(-c5cccc6c5c5cc7ccccc7cc5n6-c5ccccc5)oc4c23)cc1. The molecule has 0 aliphatic carbocycles. The van der Waals surface area contributed by atoms with E-state index in [-0.39, 0.29) is 0 Å². The molecule has 3 heterocycles. The number of benzene rings is 7. The first kappa shape index (κ1) is 24.3. The fraction of sp³-hybridized carbons (Fsp3) is 0. The van der Waals surface area contributed by atoms with Gasteiger partial charge in [-0.05, 0) is 82.6 Å². The van der Waals surface area contributed by atoms with Crippen LogP contribution in [0.1, 0.15) is 0 Å². The van der Waals surface area contributed by atoms with E-state index >= 15 is 0 Å². The number of fused-ring (bicyclic) bond motifs is 9. The van der Waals surface area contributed by atoms with Crippen LogP contribution in [0.25, 0.3) is 93.9 Å². The molecule has 10 rings (SSSR count). The van der Waals surface area contributed by atoms with Gasteiger partial charge in [-0.25, -0.2) is 4.98 Å². The highest BCUT2D eigenvalue weighted by atomic mass is 16.4. The van der Waals surface area contributed by atoms with E-state index < -0.39 is 0 Å². The van der Waals surface area contributed by atoms with Crippen LogP contribution in [0.2, 0.25) is 0 Å². The van der Waals surface area contributed by atoms with Gasteiger partial charge in [-0.3, -0.25) is 0 Å². The molecular weight excluding hydrogens is 552 g/mol. The van der Waals surface area contributed by atoms with Crippen LogP contribution >= 0.6 is 0 Å². The summed E-state index contributed by atoms with van der Waals surface area (Å²) in [5.74, 6) is 0.596. The molecule has 45 heavy (non-hydrogen) atoms. The molecule has 0 unspecified atom stereocenters. The Hall–Kier alpha value is -6.13. The van der Waals surface area contributed by atoms with Crippen molar-refractivity contribution in [2.45, 2.75) is 0 Å². The van der Waals surface area contributed by atoms with Crippen molar-refractivity contribution in [2.24, 2.45) is 0 Å². The Morgan fingerprint density at radius 3 is 2.11 bits per heavy atom. The van der Waals surface area contributed by atoms with E-state index in [0.717, 1.165) is 77.2 Å². The lowest BCUT2D eigenvalue weighted by Crippen LogP contribution is -1.93. The summed E-state index contributed by atoms with van der Waals surface area (Å²) in [4.78, 5) is 5.07. The minimum atomic E-state index is 0.596. The Labute approximate surface area is 257 Å². The third-order valence-electron chi connectivity index (χ3n) is 9.00. The summed E-state index contributed by atoms with van der Waals surface area (Å²) in [6, 6.07) is 50.8. The van der Waals surface area contributed by atoms with E-state index in [0.29, 0.717) is 5.89 Å². The molecule has 0 atom stereocenters. The smallest absolute Gasteiger partial charge is 0.228 e. The normalized spacial score (nSPS) is 12.0. The number of furan rings is 1. The van der Waals surface area contributed by atoms with Crippen molar-refractivity contribution in [3.63, 3.8) is 0 Å². The summed E-state index contributed by atoms with van der Waals surface area (Å²) < 4.78 is 15.4. The van der Waals surface area contributed by atoms with Gasteiger partial charge in [0.25, 0.3) is 0 Å². The lowest BCUT2D eigenvalue weighted by atomic mass is 10.0. The van der Waals surface area contributed by atoms with Gasteiger partial charge in [-0.1, -0.05) is 84.9 Å². The molecule has 0 aliphatic rings. The van der Waals surface area contributed by atoms with E-state index in [4.69, 9.17) is 13.8 Å². The van der Waals surface area contributed by atoms with E-state index in [1.54, 1.807) is 0 Å². The Kier molecular flexibility index (Phi) is 4.96. The first-order valence-electron chi connectivity index (χ1n) is 15.1. The topological polar surface area (TPSA) is 44.1 Å². The highest BCUT2D eigenvalue weighted by Crippen LogP contribution is 2.42. The van der Waals surface area contributed by atoms with Crippen LogP contribution in [0.15, 0.2) is 154 Å². The number of hydrogen-bond acceptors (Lipinski definition) is 3. The monoisotopic (exact) mass is 576 g/mol. The molecule has 0 aliphatic heterocycles. The van der Waals surface area contributed by atoms with E-state index in [2.05, 4.69) is 132 Å². The summed E-state index contributed by atoms with van der Waals surface area (Å²) in [7, 11) is 0. The maximum absolute atomic E-state index is 6.73. The van der Waals surface area contributed by atoms with Gasteiger partial charge in [-0.15, -0.1) is 0 Å². The van der Waals surface area contributed by atoms with Crippen molar-refractivity contribution in [1.29, 1.82) is 0 Å². The summed E-state index contributed by atoms with van der Waals surface area (Å²) in [6.45, 7) is 0. The minimum Gasteiger partial charge on any atom is -0.456 e. The predicted molar refractivity (Wildman–Crippen MR) is 184 cm³/mol. The molecule has 0 saturated heterocycles. The summed E-state index contributed by atoms with van der Waals surface area (Å²) in [5.41, 5.74) is 9.77. The fourth-order valence-corrected chi connectivity index (χ4v) is 6.96. The molecule has 210 valence electrons. The predicted octanol–water partition coefficient (Wildman–Crippen LogP) is 11.3. The van der Waals surface area contributed by atoms with Crippen molar-refractivity contribution in [3.8, 4) is 28.3 Å². The Morgan fingerprint density at radius 1 is 0.489 bits per heavy atom. The zero-order valence-electron chi connectivity index (χ0n) is 24.1. The maximum atomic E-state index is 6.73. The van der Waals surface area contributed by atoms with Crippen LogP contribution in [-0.2, 0) is 0 Å². The molecule has 0 radical (unpaired) electrons. The Bertz CT molecular complexity index is 2750. The number of oxazole rings is 1. The van der Waals surface area contributed by atoms with Crippen molar-refractivity contribution in [2.75, 3.05) is 0 Å². The number of para-hydroxylation sites is 1. The average molecular weight is 577 g/mol. The van der Waals surface area contributed by atoms with E-state index in [1.165, 1.54) is 10.8 Å². The summed E-state index contributed by atoms with van der Waals surface area (Å²) in [5, 5.41) is 6.66. The zero-order valence-corrected chi connectivity index (χ0v) is 24.1. The van der Waals surface area contributed by atoms with Crippen LogP contribution in [-0.4, -0.2) is 9.55 Å². The quantitative estimate of drug-likeness (QED) is 0.210. The van der Waals surface area contributed by atoms with Gasteiger partial charge in [0.2, 0.25) is 5.89 Å². The molecule has 0 bridgehead atoms. The molecule has 0 N–H and O–H groups in total. The molecule has 10 aromatic rings. The van der Waals surface area contributed by atoms with Crippen LogP contribution in [0.3, 0.4) is 0 Å². The van der Waals surface area contributed by atoms with Gasteiger partial charge in [0.1, 0.15) is 16.7 Å². The van der Waals surface area contributed by atoms with Crippen LogP contribution in [0.4, 0.5) is 0 Å². The van der Waals surface area contributed by atoms with Crippen molar-refractivity contribution in [3.05, 3.63) is 146 Å². The first-order chi connectivity index (χ1) is 22.3. The average Bonchev–Trinajstić information content (AvgIpc) is 3.79. The summed E-state index contributed by atoms with van der Waals surface area (Å²) >= 11 is 0. The second kappa shape index (κ2) is 9.18. The van der Waals surface area contributed by atoms with Crippen LogP contribution < -0.4 is 0 Å². The van der Waals surface area contributed by atoms with Gasteiger partial charge >= 0.3 is 0 Å². The zero-order chi connectivity index (χ0) is 29.5. The molecule has 7 aromatic carbocycles. The second-order valence-electron chi connectivity index (χ2n) is 11.6. The van der Waals surface area contributed by atoms with Gasteiger partial charge in [0, 0.05) is 27.4 Å². The number of rotatable bonds is 3. The standard InChI is InChI=1S/C41H24N2O2/c1-3-10-25(11-4-1)28-18-19-30-37(24-28)44-36-21-20-33-40(39(30)36)45-41(42-33)31-16-9-17-34-38(31)32-22-26-12-7-8-13-27(26)23-35(32)43(34)29-14-5-2-6-15-29/h1-24H. The fourth-order valence-electron chi connectivity index (χ4n) is 6.96. The second-order valence-corrected chi connectivity index (χ2v) is 11.6. The highest BCUT2D eigenvalue weighted by Gasteiger charge is 2.21. The van der Waals surface area contributed by atoms with E-state index in [1.807, 2.05) is 18.2 Å². The molecular formula is C41H24N2O2. The Morgan fingerprint density at radius 2 is 1.27 bits per heavy atom. The maximum Gasteiger partial charge on any atom is 0.228 e. The van der Waals surface area contributed by atoms with Crippen molar-refractivity contribution < 1.29 is 8.83 Å². The number of aromatic nitrogens is 2. The molecule has 0 saturated carbocycles. The molecule has 3 aromatic heterocycles. The molecule has 4 heteroatoms. The summed E-state index contributed by atoms with van der Waals surface area (Å²) in [6.07, 6.45) is 0. The largest absolute Gasteiger partial charge is 0.456 e. The first-order valence-corrected chi connectivity index (χ1v) is 15.1. The lowest BCUT2D eigenvalue weighted by Gasteiger charge is -2.08. The molecule has 0 spiro atoms. The van der Waals surface area contributed by atoms with Gasteiger partial charge < -0.3 is 13.4 Å². The lowest BCUT2D eigenvalue weighted by molar-refractivity contribution is 0.623. The number of hydrogen-bond donors (Lipinski definition) is 0. The minimum absolute atomic E-state index is 0.596.